The molecular weight excluding hydrogens is 1840 g/mol. The van der Waals surface area contributed by atoms with Crippen molar-refractivity contribution in [2.24, 2.45) is 16.9 Å². The zero-order valence-corrected chi connectivity index (χ0v) is 78.1. The highest BCUT2D eigenvalue weighted by Gasteiger charge is 2.42. The van der Waals surface area contributed by atoms with E-state index in [4.69, 9.17) is 17.9 Å². The summed E-state index contributed by atoms with van der Waals surface area (Å²) < 4.78 is 0. The van der Waals surface area contributed by atoms with Gasteiger partial charge < -0.3 is 117 Å². The van der Waals surface area contributed by atoms with Crippen molar-refractivity contribution in [3.8, 4) is 18.1 Å². The number of carbonyl (C=O) groups is 21. The number of amides is 17. The highest BCUT2D eigenvalue weighted by molar-refractivity contribution is 7.99. The highest BCUT2D eigenvalue weighted by atomic mass is 32.2. The summed E-state index contributed by atoms with van der Waals surface area (Å²) in [6.07, 6.45) is -3.01. The molecule has 5 aromatic rings. The van der Waals surface area contributed by atoms with Crippen molar-refractivity contribution in [1.29, 1.82) is 0 Å². The van der Waals surface area contributed by atoms with Crippen LogP contribution >= 0.6 is 35.3 Å². The second kappa shape index (κ2) is 53.1. The van der Waals surface area contributed by atoms with Crippen molar-refractivity contribution in [1.82, 2.24) is 79.8 Å². The molecule has 24 N–H and O–H groups in total. The monoisotopic (exact) mass is 1960 g/mol. The maximum absolute atomic E-state index is 15.4. The molecule has 0 spiro atoms. The molecule has 2 aliphatic heterocycles. The van der Waals surface area contributed by atoms with E-state index in [1.807, 2.05) is 0 Å². The van der Waals surface area contributed by atoms with Crippen LogP contribution in [0.1, 0.15) is 133 Å². The minimum atomic E-state index is -2.24. The number of rotatable bonds is 24. The van der Waals surface area contributed by atoms with E-state index in [1.165, 1.54) is 64.1 Å². The van der Waals surface area contributed by atoms with Gasteiger partial charge in [-0.1, -0.05) is 124 Å². The summed E-state index contributed by atoms with van der Waals surface area (Å²) in [6.45, 7) is 8.10. The lowest BCUT2D eigenvalue weighted by Crippen LogP contribution is -2.62. The van der Waals surface area contributed by atoms with Gasteiger partial charge in [-0.25, -0.2) is 0 Å². The topological polar surface area (TPSA) is 692 Å². The molecule has 43 nitrogen and oxygen atoms in total. The van der Waals surface area contributed by atoms with Gasteiger partial charge in [-0.05, 0) is 95.3 Å². The first-order valence-electron chi connectivity index (χ1n) is 43.3. The van der Waals surface area contributed by atoms with E-state index in [9.17, 15) is 107 Å². The number of hydrogen-bond acceptors (Lipinski definition) is 25. The number of phenols is 1. The SMILES string of the molecule is C#CCCC(=O)NC(C)C(=O)NC1CSCc2cc3cc(c2)CSCC(NC(=O)C(C)NC(=O)C(Cc2cccc4ccccc24)NC(=O)C(CCC(=O)O)NC(=O)C(CC(N)=O)NC(=O)C(C)NC1=O)C(=O)NC(CCC(=O)O)C(=O)NC(CC(=O)O)C(=O)NC(Cc1ccccc1)C(=O)NC(Cc1ccc(O)cc1)C(=O)NC(CC(=O)O)C(=O)NC(C(C)(C)C)C(=O)NC(C(N)=O)CSC3. The van der Waals surface area contributed by atoms with Gasteiger partial charge >= 0.3 is 23.9 Å². The van der Waals surface area contributed by atoms with E-state index >= 15 is 19.2 Å². The summed E-state index contributed by atoms with van der Waals surface area (Å²) >= 11 is 2.97. The standard InChI is InChI=1S/C91H113N17O26S3/c1-8-9-22-70(111)94-46(2)77(121)106-67-44-136-41-52-31-51-32-53(33-52)42-137-45-68(107-79(123)48(4)95-82(126)62(36-55-20-15-19-54-18-13-14-21-57(54)55)102-80(124)58(27-29-71(112)113)97-85(129)63(37-69(92)110)99-78(122)47(3)96-88(67)132)89(133)98-59(28-30-72(114)115)81(125)103-64(38-73(116)117)86(130)101-60(34-49-16-11-10-12-17-49)83(127)100-61(35-50-23-25-56(109)26-24-50)84(128)104-65(39-74(118)119)87(131)108-75(91(5,6)7)90(134)105-66(76(93)120)43-135-40-51/h1,10-21,23-26,31-33,46-48,58-68,75,109H,9,22,27-30,34-45H2,2-7H3,(H2,92,110)(H2,93,120)(H,94,111)(H,95,126)(H,96,132)(H,97,129)(H,98,133)(H,99,122)(H,100,127)(H,101,130)(H,102,124)(H,103,125)(H,104,128)(H,105,134)(H,106,121)(H,107,123)(H,108,131)(H,112,113)(H,114,115)(H,116,117)(H,118,119). The lowest BCUT2D eigenvalue weighted by atomic mass is 9.85. The van der Waals surface area contributed by atoms with Crippen LogP contribution in [-0.4, -0.2) is 258 Å². The third-order valence-corrected chi connectivity index (χ3v) is 24.7. The molecule has 2 heterocycles. The fraction of sp³-hybridized carbons (Fsp3) is 0.440. The summed E-state index contributed by atoms with van der Waals surface area (Å²) in [4.78, 5) is 297. The Morgan fingerprint density at radius 3 is 1.38 bits per heavy atom. The van der Waals surface area contributed by atoms with Crippen LogP contribution in [0.2, 0.25) is 0 Å². The molecule has 0 aromatic heterocycles. The molecule has 4 bridgehead atoms. The molecular formula is C91H113N17O26S3. The Hall–Kier alpha value is -14.4. The molecule has 736 valence electrons. The van der Waals surface area contributed by atoms with Gasteiger partial charge in [0.1, 0.15) is 96.4 Å². The number of aromatic hydroxyl groups is 1. The van der Waals surface area contributed by atoms with Gasteiger partial charge in [-0.2, -0.15) is 35.3 Å². The molecule has 0 radical (unpaired) electrons. The van der Waals surface area contributed by atoms with E-state index < -0.39 is 290 Å². The van der Waals surface area contributed by atoms with Crippen LogP contribution in [0.4, 0.5) is 0 Å². The van der Waals surface area contributed by atoms with Crippen molar-refractivity contribution in [2.45, 2.75) is 226 Å². The Kier molecular flexibility index (Phi) is 42.5. The van der Waals surface area contributed by atoms with Crippen LogP contribution < -0.4 is 91.2 Å². The Morgan fingerprint density at radius 1 is 0.445 bits per heavy atom. The molecule has 5 aromatic carbocycles. The first-order chi connectivity index (χ1) is 64.7. The number of primary amides is 2. The lowest BCUT2D eigenvalue weighted by molar-refractivity contribution is -0.142. The molecule has 0 saturated carbocycles. The minimum Gasteiger partial charge on any atom is -0.508 e. The predicted molar refractivity (Wildman–Crippen MR) is 499 cm³/mol. The molecule has 0 saturated heterocycles. The number of carbonyl (C=O) groups excluding carboxylic acids is 17. The average molecular weight is 1960 g/mol. The normalized spacial score (nSPS) is 23.4. The smallest absolute Gasteiger partial charge is 0.305 e. The molecule has 7 rings (SSSR count). The van der Waals surface area contributed by atoms with Crippen molar-refractivity contribution < 1.29 is 126 Å². The van der Waals surface area contributed by atoms with Crippen molar-refractivity contribution in [2.75, 3.05) is 17.3 Å². The van der Waals surface area contributed by atoms with Gasteiger partial charge in [0, 0.05) is 79.5 Å². The van der Waals surface area contributed by atoms with Crippen LogP contribution in [-0.2, 0) is 137 Å². The first kappa shape index (κ1) is 110. The molecule has 0 fully saturated rings. The number of phenolic OH excluding ortho intramolecular Hbond substituents is 1. The molecule has 46 heteroatoms. The Bertz CT molecular complexity index is 5350. The quantitative estimate of drug-likeness (QED) is 0.0292. The van der Waals surface area contributed by atoms with Gasteiger partial charge in [-0.15, -0.1) is 12.3 Å². The Morgan fingerprint density at radius 2 is 0.869 bits per heavy atom. The van der Waals surface area contributed by atoms with Gasteiger partial charge in [0.05, 0.1) is 19.3 Å². The van der Waals surface area contributed by atoms with Crippen LogP contribution in [0.5, 0.6) is 5.75 Å². The van der Waals surface area contributed by atoms with Crippen molar-refractivity contribution >= 4 is 170 Å². The van der Waals surface area contributed by atoms with Crippen LogP contribution in [0.3, 0.4) is 0 Å². The van der Waals surface area contributed by atoms with Crippen molar-refractivity contribution in [3.05, 3.63) is 149 Å². The van der Waals surface area contributed by atoms with E-state index in [1.54, 1.807) is 78.9 Å². The Balaban J connectivity index is 1.41. The number of aliphatic carboxylic acids is 4. The Labute approximate surface area is 799 Å². The number of nitrogens with one attached hydrogen (secondary N) is 15. The van der Waals surface area contributed by atoms with Gasteiger partial charge in [0.25, 0.3) is 0 Å². The van der Waals surface area contributed by atoms with E-state index in [0.717, 1.165) is 49.1 Å². The maximum Gasteiger partial charge on any atom is 0.305 e. The summed E-state index contributed by atoms with van der Waals surface area (Å²) in [7, 11) is 0. The molecule has 0 aliphatic carbocycles. The number of hydrogen-bond donors (Lipinski definition) is 22. The highest BCUT2D eigenvalue weighted by Crippen LogP contribution is 2.28. The summed E-state index contributed by atoms with van der Waals surface area (Å²) in [5.74, 6) is -25.6. The number of terminal acetylenes is 1. The van der Waals surface area contributed by atoms with Gasteiger partial charge in [0.15, 0.2) is 0 Å². The van der Waals surface area contributed by atoms with Gasteiger partial charge in [0.2, 0.25) is 100 Å². The minimum absolute atomic E-state index is 0.00917. The van der Waals surface area contributed by atoms with E-state index in [-0.39, 0.29) is 52.9 Å². The maximum atomic E-state index is 15.4. The second-order valence-electron chi connectivity index (χ2n) is 33.7. The summed E-state index contributed by atoms with van der Waals surface area (Å²) in [6, 6.07) is 2.37. The molecule has 15 unspecified atom stereocenters. The number of fused-ring (bicyclic) bond motifs is 6. The average Bonchev–Trinajstić information content (AvgIpc) is 0.831. The fourth-order valence-electron chi connectivity index (χ4n) is 14.1. The molecule has 17 amide bonds. The van der Waals surface area contributed by atoms with E-state index in [0.29, 0.717) is 38.6 Å². The van der Waals surface area contributed by atoms with Gasteiger partial charge in [-0.3, -0.25) is 101 Å². The van der Waals surface area contributed by atoms with Crippen LogP contribution in [0.15, 0.2) is 115 Å². The third-order valence-electron chi connectivity index (χ3n) is 21.4. The lowest BCUT2D eigenvalue weighted by Gasteiger charge is -2.33. The number of carboxylic acid groups (broad SMARTS) is 4. The summed E-state index contributed by atoms with van der Waals surface area (Å²) in [5, 5.41) is 88.9. The predicted octanol–water partition coefficient (Wildman–Crippen LogP) is -2.17. The van der Waals surface area contributed by atoms with Crippen LogP contribution in [0, 0.1) is 17.8 Å². The molecule has 15 atom stereocenters. The third kappa shape index (κ3) is 36.4. The molecule has 2 aliphatic rings. The molecule has 137 heavy (non-hydrogen) atoms. The number of nitrogens with two attached hydrogens (primary N) is 2. The zero-order valence-electron chi connectivity index (χ0n) is 75.6. The number of benzene rings is 5. The fourth-order valence-corrected chi connectivity index (χ4v) is 17.1. The number of thioether (sulfide) groups is 3. The first-order valence-corrected chi connectivity index (χ1v) is 46.8. The largest absolute Gasteiger partial charge is 0.508 e. The zero-order chi connectivity index (χ0) is 101. The second-order valence-corrected chi connectivity index (χ2v) is 36.8. The van der Waals surface area contributed by atoms with Crippen LogP contribution in [0.25, 0.3) is 10.8 Å². The summed E-state index contributed by atoms with van der Waals surface area (Å²) in [5.41, 5.74) is 12.5. The van der Waals surface area contributed by atoms with Crippen molar-refractivity contribution in [3.63, 3.8) is 0 Å². The number of carboxylic acids is 4. The van der Waals surface area contributed by atoms with E-state index in [2.05, 4.69) is 85.7 Å².